The smallest absolute Gasteiger partial charge is 0.277 e. The van der Waals surface area contributed by atoms with Crippen molar-refractivity contribution in [1.82, 2.24) is 10.3 Å². The van der Waals surface area contributed by atoms with Crippen LogP contribution in [-0.4, -0.2) is 36.4 Å². The second-order valence-corrected chi connectivity index (χ2v) is 7.03. The fraction of sp³-hybridized carbons (Fsp3) is 0.227. The number of amides is 2. The molecule has 3 aromatic rings. The molecule has 8 heteroatoms. The van der Waals surface area contributed by atoms with Gasteiger partial charge in [-0.15, -0.1) is 0 Å². The number of hydrogen-bond acceptors (Lipinski definition) is 5. The number of para-hydroxylation sites is 1. The fourth-order valence-electron chi connectivity index (χ4n) is 3.56. The highest BCUT2D eigenvalue weighted by Gasteiger charge is 2.17. The van der Waals surface area contributed by atoms with E-state index >= 15 is 0 Å². The topological polar surface area (TPSA) is 87.5 Å². The first-order valence-corrected chi connectivity index (χ1v) is 9.71. The lowest BCUT2D eigenvalue weighted by molar-refractivity contribution is 0.0952. The van der Waals surface area contributed by atoms with Gasteiger partial charge in [-0.2, -0.15) is 0 Å². The molecule has 2 amide bonds. The van der Waals surface area contributed by atoms with Gasteiger partial charge in [0.2, 0.25) is 0 Å². The van der Waals surface area contributed by atoms with Crippen molar-refractivity contribution in [2.24, 2.45) is 0 Å². The van der Waals surface area contributed by atoms with Crippen LogP contribution >= 0.6 is 0 Å². The van der Waals surface area contributed by atoms with Crippen molar-refractivity contribution in [3.63, 3.8) is 0 Å². The van der Waals surface area contributed by atoms with Crippen LogP contribution in [0.2, 0.25) is 0 Å². The molecule has 0 saturated heterocycles. The molecule has 7 nitrogen and oxygen atoms in total. The second-order valence-electron chi connectivity index (χ2n) is 7.03. The number of nitrogens with one attached hydrogen (secondary N) is 2. The minimum atomic E-state index is -0.622. The lowest BCUT2D eigenvalue weighted by atomic mass is 10.0. The van der Waals surface area contributed by atoms with E-state index < -0.39 is 17.6 Å². The maximum Gasteiger partial charge on any atom is 0.277 e. The Bertz CT molecular complexity index is 1050. The summed E-state index contributed by atoms with van der Waals surface area (Å²) in [5.74, 6) is -1.58. The van der Waals surface area contributed by atoms with Crippen molar-refractivity contribution in [2.45, 2.75) is 12.8 Å². The molecule has 0 atom stereocenters. The van der Waals surface area contributed by atoms with E-state index in [1.165, 1.54) is 23.6 Å². The molecule has 0 radical (unpaired) electrons. The minimum Gasteiger partial charge on any atom is -0.451 e. The number of fused-ring (bicyclic) bond motifs is 1. The van der Waals surface area contributed by atoms with Crippen LogP contribution in [0.1, 0.15) is 32.8 Å². The monoisotopic (exact) mass is 408 g/mol. The van der Waals surface area contributed by atoms with Crippen LogP contribution in [-0.2, 0) is 6.42 Å². The van der Waals surface area contributed by atoms with Crippen molar-refractivity contribution in [3.05, 3.63) is 77.8 Å². The summed E-state index contributed by atoms with van der Waals surface area (Å²) in [6.07, 6.45) is 4.44. The van der Waals surface area contributed by atoms with Gasteiger partial charge in [-0.25, -0.2) is 9.37 Å². The maximum atomic E-state index is 14.0. The Morgan fingerprint density at radius 3 is 2.87 bits per heavy atom. The van der Waals surface area contributed by atoms with Crippen molar-refractivity contribution in [2.75, 3.05) is 29.9 Å². The Balaban J connectivity index is 1.37. The molecule has 1 aromatic heterocycles. The molecule has 0 aliphatic carbocycles. The van der Waals surface area contributed by atoms with Gasteiger partial charge >= 0.3 is 0 Å². The summed E-state index contributed by atoms with van der Waals surface area (Å²) in [5.41, 5.74) is 2.86. The molecule has 1 aliphatic rings. The lowest BCUT2D eigenvalue weighted by Gasteiger charge is -2.31. The summed E-state index contributed by atoms with van der Waals surface area (Å²) < 4.78 is 18.7. The molecule has 2 N–H and O–H groups in total. The highest BCUT2D eigenvalue weighted by molar-refractivity contribution is 6.03. The van der Waals surface area contributed by atoms with Gasteiger partial charge in [0.05, 0.1) is 0 Å². The average molecular weight is 408 g/mol. The van der Waals surface area contributed by atoms with Crippen LogP contribution in [0.15, 0.2) is 59.5 Å². The lowest BCUT2D eigenvalue weighted by Crippen LogP contribution is -2.37. The van der Waals surface area contributed by atoms with Crippen LogP contribution in [0.5, 0.6) is 0 Å². The van der Waals surface area contributed by atoms with E-state index in [-0.39, 0.29) is 16.9 Å². The predicted octanol–water partition coefficient (Wildman–Crippen LogP) is 3.25. The normalized spacial score (nSPS) is 12.9. The first kappa shape index (κ1) is 19.6. The molecule has 0 bridgehead atoms. The van der Waals surface area contributed by atoms with Gasteiger partial charge in [-0.1, -0.05) is 18.2 Å². The minimum absolute atomic E-state index is 0.0621. The number of hydrogen-bond donors (Lipinski definition) is 2. The molecule has 4 rings (SSSR count). The molecule has 30 heavy (non-hydrogen) atoms. The molecule has 0 fully saturated rings. The molecule has 2 heterocycles. The molecule has 154 valence electrons. The Labute approximate surface area is 172 Å². The summed E-state index contributed by atoms with van der Waals surface area (Å²) in [5, 5.41) is 5.33. The van der Waals surface area contributed by atoms with Gasteiger partial charge in [0.15, 0.2) is 12.1 Å². The van der Waals surface area contributed by atoms with E-state index in [0.717, 1.165) is 37.9 Å². The van der Waals surface area contributed by atoms with Gasteiger partial charge in [0, 0.05) is 36.6 Å². The molecule has 0 saturated carbocycles. The van der Waals surface area contributed by atoms with E-state index in [9.17, 15) is 14.0 Å². The van der Waals surface area contributed by atoms with Crippen molar-refractivity contribution < 1.29 is 18.4 Å². The number of benzene rings is 2. The Morgan fingerprint density at radius 2 is 2.03 bits per heavy atom. The Hall–Kier alpha value is -3.68. The maximum absolute atomic E-state index is 14.0. The van der Waals surface area contributed by atoms with E-state index in [1.807, 2.05) is 12.1 Å². The highest BCUT2D eigenvalue weighted by atomic mass is 19.1. The van der Waals surface area contributed by atoms with Gasteiger partial charge in [-0.3, -0.25) is 9.59 Å². The molecular formula is C22H21FN4O3. The summed E-state index contributed by atoms with van der Waals surface area (Å²) in [4.78, 5) is 30.5. The molecule has 1 aliphatic heterocycles. The van der Waals surface area contributed by atoms with Crippen molar-refractivity contribution in [1.29, 1.82) is 0 Å². The Morgan fingerprint density at radius 1 is 1.17 bits per heavy atom. The molecule has 2 aromatic carbocycles. The summed E-state index contributed by atoms with van der Waals surface area (Å²) in [7, 11) is 0. The number of carbonyl (C=O) groups excluding carboxylic acids is 2. The number of nitrogens with zero attached hydrogens (tertiary/aromatic N) is 2. The van der Waals surface area contributed by atoms with E-state index in [0.29, 0.717) is 13.1 Å². The number of aryl methyl sites for hydroxylation is 1. The summed E-state index contributed by atoms with van der Waals surface area (Å²) in [6.45, 7) is 2.02. The molecule has 0 spiro atoms. The van der Waals surface area contributed by atoms with Crippen molar-refractivity contribution in [3.8, 4) is 0 Å². The zero-order chi connectivity index (χ0) is 20.9. The zero-order valence-electron chi connectivity index (χ0n) is 16.2. The van der Waals surface area contributed by atoms with Gasteiger partial charge in [0.25, 0.3) is 11.8 Å². The average Bonchev–Trinajstić information content (AvgIpc) is 3.28. The van der Waals surface area contributed by atoms with E-state index in [4.69, 9.17) is 4.42 Å². The standard InChI is InChI=1S/C22H21FN4O3/c23-17-10-16(11-18(12-17)26-22(29)19-13-30-14-25-19)21(28)24-7-9-27-8-3-5-15-4-1-2-6-20(15)27/h1-2,4,6,10-14H,3,5,7-9H2,(H,24,28)(H,26,29). The van der Waals surface area contributed by atoms with Crippen LogP contribution in [0.4, 0.5) is 15.8 Å². The quantitative estimate of drug-likeness (QED) is 0.654. The number of aromatic nitrogens is 1. The number of anilines is 2. The number of carbonyl (C=O) groups is 2. The highest BCUT2D eigenvalue weighted by Crippen LogP contribution is 2.26. The van der Waals surface area contributed by atoms with Gasteiger partial charge in [-0.05, 0) is 42.7 Å². The van der Waals surface area contributed by atoms with E-state index in [1.54, 1.807) is 0 Å². The Kier molecular flexibility index (Phi) is 5.74. The number of halogens is 1. The fourth-order valence-corrected chi connectivity index (χ4v) is 3.56. The first-order chi connectivity index (χ1) is 14.6. The van der Waals surface area contributed by atoms with Crippen LogP contribution in [0.25, 0.3) is 0 Å². The third kappa shape index (κ3) is 4.48. The molecule has 0 unspecified atom stereocenters. The van der Waals surface area contributed by atoms with Crippen LogP contribution in [0, 0.1) is 5.82 Å². The SMILES string of the molecule is O=C(NCCN1CCCc2ccccc21)c1cc(F)cc(NC(=O)c2cocn2)c1. The van der Waals surface area contributed by atoms with E-state index in [2.05, 4.69) is 32.7 Å². The summed E-state index contributed by atoms with van der Waals surface area (Å²) in [6, 6.07) is 12.0. The number of oxazole rings is 1. The third-order valence-electron chi connectivity index (χ3n) is 4.96. The van der Waals surface area contributed by atoms with Gasteiger partial charge < -0.3 is 20.0 Å². The second kappa shape index (κ2) is 8.77. The predicted molar refractivity (Wildman–Crippen MR) is 110 cm³/mol. The molecular weight excluding hydrogens is 387 g/mol. The zero-order valence-corrected chi connectivity index (χ0v) is 16.2. The van der Waals surface area contributed by atoms with Crippen LogP contribution in [0.3, 0.4) is 0 Å². The van der Waals surface area contributed by atoms with Crippen LogP contribution < -0.4 is 15.5 Å². The third-order valence-corrected chi connectivity index (χ3v) is 4.96. The summed E-state index contributed by atoms with van der Waals surface area (Å²) >= 11 is 0. The number of rotatable bonds is 6. The van der Waals surface area contributed by atoms with Crippen molar-refractivity contribution >= 4 is 23.2 Å². The largest absolute Gasteiger partial charge is 0.451 e. The first-order valence-electron chi connectivity index (χ1n) is 9.71. The van der Waals surface area contributed by atoms with Gasteiger partial charge in [0.1, 0.15) is 12.1 Å².